The number of methoxy groups -OCH3 is 1. The predicted molar refractivity (Wildman–Crippen MR) is 81.2 cm³/mol. The average molecular weight is 293 g/mol. The molecule has 0 aliphatic carbocycles. The highest BCUT2D eigenvalue weighted by Gasteiger charge is 2.17. The van der Waals surface area contributed by atoms with Crippen LogP contribution in [0.4, 0.5) is 11.6 Å². The maximum absolute atomic E-state index is 11.9. The lowest BCUT2D eigenvalue weighted by atomic mass is 10.3. The first-order valence-corrected chi connectivity index (χ1v) is 7.29. The molecular formula is C14H23N5O2. The first-order chi connectivity index (χ1) is 10.2. The Morgan fingerprint density at radius 2 is 2.05 bits per heavy atom. The van der Waals surface area contributed by atoms with Crippen LogP contribution < -0.4 is 10.6 Å². The summed E-state index contributed by atoms with van der Waals surface area (Å²) in [7, 11) is 3.41. The van der Waals surface area contributed by atoms with Gasteiger partial charge in [0.15, 0.2) is 5.82 Å². The Hall–Kier alpha value is -1.89. The van der Waals surface area contributed by atoms with Crippen LogP contribution in [0.2, 0.25) is 0 Å². The van der Waals surface area contributed by atoms with Crippen LogP contribution in [0.25, 0.3) is 0 Å². The van der Waals surface area contributed by atoms with Crippen molar-refractivity contribution < 1.29 is 9.53 Å². The topological polar surface area (TPSA) is 79.4 Å². The van der Waals surface area contributed by atoms with Crippen molar-refractivity contribution >= 4 is 17.5 Å². The van der Waals surface area contributed by atoms with Crippen molar-refractivity contribution in [3.8, 4) is 0 Å². The molecule has 7 nitrogen and oxygen atoms in total. The highest BCUT2D eigenvalue weighted by molar-refractivity contribution is 5.76. The third kappa shape index (κ3) is 4.56. The van der Waals surface area contributed by atoms with Gasteiger partial charge in [0.05, 0.1) is 0 Å². The molecule has 2 rings (SSSR count). The predicted octanol–water partition coefficient (Wildman–Crippen LogP) is 1.09. The molecule has 1 aromatic heterocycles. The third-order valence-electron chi connectivity index (χ3n) is 3.41. The quantitative estimate of drug-likeness (QED) is 0.783. The van der Waals surface area contributed by atoms with Crippen molar-refractivity contribution in [1.29, 1.82) is 0 Å². The van der Waals surface area contributed by atoms with Crippen LogP contribution in [0, 0.1) is 0 Å². The monoisotopic (exact) mass is 293 g/mol. The largest absolute Gasteiger partial charge is 0.377 e. The van der Waals surface area contributed by atoms with Crippen LogP contribution in [0.5, 0.6) is 0 Å². The summed E-state index contributed by atoms with van der Waals surface area (Å²) in [6.07, 6.45) is 2.73. The van der Waals surface area contributed by atoms with E-state index < -0.39 is 0 Å². The van der Waals surface area contributed by atoms with Crippen molar-refractivity contribution in [3.63, 3.8) is 0 Å². The maximum atomic E-state index is 11.9. The highest BCUT2D eigenvalue weighted by atomic mass is 16.5. The molecule has 1 fully saturated rings. The van der Waals surface area contributed by atoms with E-state index in [-0.39, 0.29) is 5.91 Å². The molecule has 2 heterocycles. The summed E-state index contributed by atoms with van der Waals surface area (Å²) in [5, 5.41) is 6.17. The Kier molecular flexibility index (Phi) is 5.74. The number of aromatic nitrogens is 2. The Labute approximate surface area is 125 Å². The van der Waals surface area contributed by atoms with E-state index in [1.807, 2.05) is 11.0 Å². The summed E-state index contributed by atoms with van der Waals surface area (Å²) in [5.41, 5.74) is 0. The third-order valence-corrected chi connectivity index (χ3v) is 3.41. The van der Waals surface area contributed by atoms with E-state index in [9.17, 15) is 4.79 Å². The second kappa shape index (κ2) is 7.78. The fourth-order valence-electron chi connectivity index (χ4n) is 2.33. The lowest BCUT2D eigenvalue weighted by Gasteiger charge is -2.15. The highest BCUT2D eigenvalue weighted by Crippen LogP contribution is 2.12. The summed E-state index contributed by atoms with van der Waals surface area (Å²) < 4.78 is 5.05. The second-order valence-corrected chi connectivity index (χ2v) is 5.00. The van der Waals surface area contributed by atoms with Crippen molar-refractivity contribution in [3.05, 3.63) is 11.9 Å². The minimum atomic E-state index is 0.208. The first-order valence-electron chi connectivity index (χ1n) is 7.29. The van der Waals surface area contributed by atoms with Crippen LogP contribution in [-0.4, -0.2) is 54.6 Å². The minimum Gasteiger partial charge on any atom is -0.377 e. The molecule has 0 unspecified atom stereocenters. The van der Waals surface area contributed by atoms with Gasteiger partial charge in [-0.05, 0) is 12.8 Å². The number of amides is 1. The first kappa shape index (κ1) is 15.5. The number of nitrogens with one attached hydrogen (secondary N) is 2. The van der Waals surface area contributed by atoms with Gasteiger partial charge in [-0.15, -0.1) is 0 Å². The van der Waals surface area contributed by atoms with E-state index in [4.69, 9.17) is 4.74 Å². The SMILES string of the molecule is CNc1cc(NCCC(=O)N2CCCC2)nc(COC)n1. The Bertz CT molecular complexity index is 474. The van der Waals surface area contributed by atoms with Gasteiger partial charge in [-0.25, -0.2) is 9.97 Å². The van der Waals surface area contributed by atoms with E-state index in [0.717, 1.165) is 31.7 Å². The molecule has 0 saturated carbocycles. The molecule has 0 spiro atoms. The summed E-state index contributed by atoms with van der Waals surface area (Å²) in [6.45, 7) is 2.72. The van der Waals surface area contributed by atoms with Gasteiger partial charge in [-0.1, -0.05) is 0 Å². The molecule has 1 saturated heterocycles. The molecule has 0 bridgehead atoms. The van der Waals surface area contributed by atoms with Gasteiger partial charge in [0.2, 0.25) is 5.91 Å². The minimum absolute atomic E-state index is 0.208. The number of hydrogen-bond donors (Lipinski definition) is 2. The summed E-state index contributed by atoms with van der Waals surface area (Å²) in [5.74, 6) is 2.25. The van der Waals surface area contributed by atoms with Crippen LogP contribution in [0.1, 0.15) is 25.1 Å². The molecule has 7 heteroatoms. The fraction of sp³-hybridized carbons (Fsp3) is 0.643. The number of carbonyl (C=O) groups excluding carboxylic acids is 1. The van der Waals surface area contributed by atoms with Gasteiger partial charge in [0.25, 0.3) is 0 Å². The lowest BCUT2D eigenvalue weighted by Crippen LogP contribution is -2.29. The molecule has 1 aliphatic heterocycles. The number of hydrogen-bond acceptors (Lipinski definition) is 6. The van der Waals surface area contributed by atoms with E-state index in [1.54, 1.807) is 14.2 Å². The van der Waals surface area contributed by atoms with E-state index in [1.165, 1.54) is 0 Å². The number of nitrogens with zero attached hydrogens (tertiary/aromatic N) is 3. The summed E-state index contributed by atoms with van der Waals surface area (Å²) >= 11 is 0. The molecule has 1 amide bonds. The number of anilines is 2. The molecule has 2 N–H and O–H groups in total. The van der Waals surface area contributed by atoms with Gasteiger partial charge < -0.3 is 20.3 Å². The van der Waals surface area contributed by atoms with Gasteiger partial charge in [-0.3, -0.25) is 4.79 Å². The molecule has 1 aliphatic rings. The van der Waals surface area contributed by atoms with Gasteiger partial charge >= 0.3 is 0 Å². The molecule has 116 valence electrons. The van der Waals surface area contributed by atoms with Crippen LogP contribution >= 0.6 is 0 Å². The summed E-state index contributed by atoms with van der Waals surface area (Å²) in [6, 6.07) is 1.82. The van der Waals surface area contributed by atoms with Gasteiger partial charge in [0.1, 0.15) is 18.2 Å². The molecule has 0 radical (unpaired) electrons. The van der Waals surface area contributed by atoms with E-state index >= 15 is 0 Å². The Morgan fingerprint density at radius 1 is 1.33 bits per heavy atom. The van der Waals surface area contributed by atoms with Crippen molar-refractivity contribution in [2.24, 2.45) is 0 Å². The molecular weight excluding hydrogens is 270 g/mol. The number of rotatable bonds is 7. The van der Waals surface area contributed by atoms with Gasteiger partial charge in [-0.2, -0.15) is 0 Å². The molecule has 21 heavy (non-hydrogen) atoms. The molecule has 0 aromatic carbocycles. The van der Waals surface area contributed by atoms with Crippen LogP contribution in [0.15, 0.2) is 6.07 Å². The van der Waals surface area contributed by atoms with Crippen molar-refractivity contribution in [2.75, 3.05) is 44.4 Å². The van der Waals surface area contributed by atoms with Crippen LogP contribution in [0.3, 0.4) is 0 Å². The number of likely N-dealkylation sites (tertiary alicyclic amines) is 1. The normalized spacial score (nSPS) is 14.3. The Morgan fingerprint density at radius 3 is 2.71 bits per heavy atom. The van der Waals surface area contributed by atoms with Crippen molar-refractivity contribution in [1.82, 2.24) is 14.9 Å². The number of carbonyl (C=O) groups is 1. The zero-order chi connectivity index (χ0) is 15.1. The maximum Gasteiger partial charge on any atom is 0.224 e. The fourth-order valence-corrected chi connectivity index (χ4v) is 2.33. The molecule has 0 atom stereocenters. The lowest BCUT2D eigenvalue weighted by molar-refractivity contribution is -0.129. The van der Waals surface area contributed by atoms with E-state index in [0.29, 0.717) is 31.2 Å². The zero-order valence-electron chi connectivity index (χ0n) is 12.7. The van der Waals surface area contributed by atoms with E-state index in [2.05, 4.69) is 20.6 Å². The zero-order valence-corrected chi connectivity index (χ0v) is 12.7. The summed E-state index contributed by atoms with van der Waals surface area (Å²) in [4.78, 5) is 22.5. The average Bonchev–Trinajstić information content (AvgIpc) is 3.01. The molecule has 1 aromatic rings. The second-order valence-electron chi connectivity index (χ2n) is 5.00. The smallest absolute Gasteiger partial charge is 0.224 e. The van der Waals surface area contributed by atoms with Crippen LogP contribution in [-0.2, 0) is 16.1 Å². The number of ether oxygens (including phenoxy) is 1. The Balaban J connectivity index is 1.86. The van der Waals surface area contributed by atoms with Crippen molar-refractivity contribution in [2.45, 2.75) is 25.9 Å². The standard InChI is InChI=1S/C14H23N5O2/c1-15-11-9-12(18-13(17-11)10-21-2)16-6-5-14(20)19-7-3-4-8-19/h9H,3-8,10H2,1-2H3,(H2,15,16,17,18). The van der Waals surface area contributed by atoms with Gasteiger partial charge in [0, 0.05) is 46.3 Å².